The average molecular weight is 453 g/mol. The lowest BCUT2D eigenvalue weighted by atomic mass is 10.0. The number of hydrogen-bond acceptors (Lipinski definition) is 5. The molecular formula is C22H36N4O4S. The summed E-state index contributed by atoms with van der Waals surface area (Å²) < 4.78 is 2.83. The molecule has 0 aromatic rings. The van der Waals surface area contributed by atoms with Gasteiger partial charge in [-0.2, -0.15) is 0 Å². The minimum Gasteiger partial charge on any atom is -0.351 e. The van der Waals surface area contributed by atoms with Crippen LogP contribution in [0.5, 0.6) is 0 Å². The number of nitrogens with zero attached hydrogens (tertiary/aromatic N) is 1. The summed E-state index contributed by atoms with van der Waals surface area (Å²) in [4.78, 5) is 51.8. The Labute approximate surface area is 189 Å². The summed E-state index contributed by atoms with van der Waals surface area (Å²) in [5.74, 6) is -1.26. The standard InChI is InChI=1S/C22H36N4O4S/c1-6-14(2)19(21(30)25-31-15-9-10-15)23-20(29)16-8-7-13-26(16)18(28)12-11-17(27)24-22(3,4)5/h6,14-16,19H,1,7-13H2,2-5H3,(H,23,29)(H,24,27)(H,25,30). The van der Waals surface area contributed by atoms with Crippen LogP contribution in [-0.2, 0) is 19.2 Å². The largest absolute Gasteiger partial charge is 0.351 e. The van der Waals surface area contributed by atoms with Crippen molar-refractivity contribution in [2.24, 2.45) is 5.92 Å². The van der Waals surface area contributed by atoms with Gasteiger partial charge in [0, 0.05) is 36.1 Å². The molecule has 2 rings (SSSR count). The Bertz CT molecular complexity index is 702. The minimum atomic E-state index is -0.744. The van der Waals surface area contributed by atoms with Gasteiger partial charge in [-0.15, -0.1) is 6.58 Å². The lowest BCUT2D eigenvalue weighted by molar-refractivity contribution is -0.140. The summed E-state index contributed by atoms with van der Waals surface area (Å²) in [5.41, 5.74) is -0.356. The van der Waals surface area contributed by atoms with E-state index in [2.05, 4.69) is 21.9 Å². The van der Waals surface area contributed by atoms with Crippen LogP contribution in [0, 0.1) is 5.92 Å². The third kappa shape index (κ3) is 8.20. The van der Waals surface area contributed by atoms with E-state index in [9.17, 15) is 19.2 Å². The van der Waals surface area contributed by atoms with Crippen LogP contribution in [0.25, 0.3) is 0 Å². The van der Waals surface area contributed by atoms with Gasteiger partial charge in [-0.1, -0.05) is 13.0 Å². The summed E-state index contributed by atoms with van der Waals surface area (Å²) >= 11 is 1.40. The minimum absolute atomic E-state index is 0.0523. The van der Waals surface area contributed by atoms with Crippen LogP contribution in [0.2, 0.25) is 0 Å². The van der Waals surface area contributed by atoms with Crippen LogP contribution in [0.4, 0.5) is 0 Å². The Morgan fingerprint density at radius 2 is 1.84 bits per heavy atom. The molecule has 9 heteroatoms. The van der Waals surface area contributed by atoms with E-state index in [1.165, 1.54) is 16.8 Å². The maximum atomic E-state index is 13.0. The van der Waals surface area contributed by atoms with Gasteiger partial charge in [-0.3, -0.25) is 23.9 Å². The molecule has 8 nitrogen and oxygen atoms in total. The molecule has 1 saturated carbocycles. The van der Waals surface area contributed by atoms with Gasteiger partial charge in [0.05, 0.1) is 0 Å². The Kier molecular flexibility index (Phi) is 8.97. The van der Waals surface area contributed by atoms with Crippen molar-refractivity contribution in [1.82, 2.24) is 20.3 Å². The van der Waals surface area contributed by atoms with Gasteiger partial charge in [-0.25, -0.2) is 0 Å². The van der Waals surface area contributed by atoms with Crippen molar-refractivity contribution in [3.05, 3.63) is 12.7 Å². The van der Waals surface area contributed by atoms with Crippen LogP contribution >= 0.6 is 11.9 Å². The first kappa shape index (κ1) is 25.2. The maximum Gasteiger partial charge on any atom is 0.252 e. The van der Waals surface area contributed by atoms with E-state index in [0.29, 0.717) is 24.6 Å². The van der Waals surface area contributed by atoms with Crippen LogP contribution in [0.3, 0.4) is 0 Å². The van der Waals surface area contributed by atoms with E-state index < -0.39 is 12.1 Å². The molecule has 1 aliphatic heterocycles. The molecule has 0 spiro atoms. The van der Waals surface area contributed by atoms with E-state index in [4.69, 9.17) is 0 Å². The fourth-order valence-electron chi connectivity index (χ4n) is 3.39. The molecule has 3 atom stereocenters. The molecule has 2 aliphatic rings. The fourth-order valence-corrected chi connectivity index (χ4v) is 4.18. The van der Waals surface area contributed by atoms with Crippen molar-refractivity contribution >= 4 is 35.6 Å². The zero-order valence-corrected chi connectivity index (χ0v) is 19.8. The molecule has 31 heavy (non-hydrogen) atoms. The first-order valence-electron chi connectivity index (χ1n) is 11.0. The topological polar surface area (TPSA) is 108 Å². The number of carbonyl (C=O) groups is 4. The SMILES string of the molecule is C=CC(C)C(NC(=O)C1CCCN1C(=O)CCC(=O)NC(C)(C)C)C(=O)NSC1CC1. The maximum absolute atomic E-state index is 13.0. The number of hydrogen-bond donors (Lipinski definition) is 3. The normalized spacial score (nSPS) is 20.5. The van der Waals surface area contributed by atoms with E-state index >= 15 is 0 Å². The molecule has 0 aromatic carbocycles. The molecule has 3 unspecified atom stereocenters. The summed E-state index contributed by atoms with van der Waals surface area (Å²) in [6.45, 7) is 11.7. The summed E-state index contributed by atoms with van der Waals surface area (Å²) in [7, 11) is 0. The number of carbonyl (C=O) groups excluding carboxylic acids is 4. The highest BCUT2D eigenvalue weighted by Crippen LogP contribution is 2.32. The van der Waals surface area contributed by atoms with Gasteiger partial charge in [0.15, 0.2) is 0 Å². The smallest absolute Gasteiger partial charge is 0.252 e. The molecule has 4 amide bonds. The Balaban J connectivity index is 1.93. The van der Waals surface area contributed by atoms with E-state index in [1.54, 1.807) is 6.08 Å². The second-order valence-electron chi connectivity index (χ2n) is 9.41. The van der Waals surface area contributed by atoms with Crippen molar-refractivity contribution in [3.63, 3.8) is 0 Å². The van der Waals surface area contributed by atoms with Gasteiger partial charge < -0.3 is 15.5 Å². The van der Waals surface area contributed by atoms with Crippen molar-refractivity contribution in [3.8, 4) is 0 Å². The Hall–Kier alpha value is -2.03. The van der Waals surface area contributed by atoms with Gasteiger partial charge >= 0.3 is 0 Å². The summed E-state index contributed by atoms with van der Waals surface area (Å²) in [5, 5.41) is 6.12. The lowest BCUT2D eigenvalue weighted by Gasteiger charge is -2.28. The number of rotatable bonds is 10. The third-order valence-corrected chi connectivity index (χ3v) is 6.41. The molecule has 174 valence electrons. The predicted octanol–water partition coefficient (Wildman–Crippen LogP) is 1.91. The van der Waals surface area contributed by atoms with Crippen LogP contribution in [0.15, 0.2) is 12.7 Å². The molecule has 0 aromatic heterocycles. The van der Waals surface area contributed by atoms with Crippen molar-refractivity contribution < 1.29 is 19.2 Å². The first-order valence-corrected chi connectivity index (χ1v) is 11.9. The Morgan fingerprint density at radius 1 is 1.16 bits per heavy atom. The number of amides is 4. The third-order valence-electron chi connectivity index (χ3n) is 5.28. The van der Waals surface area contributed by atoms with Crippen LogP contribution in [0.1, 0.15) is 66.2 Å². The van der Waals surface area contributed by atoms with E-state index in [0.717, 1.165) is 12.8 Å². The van der Waals surface area contributed by atoms with Gasteiger partial charge in [0.2, 0.25) is 17.7 Å². The summed E-state index contributed by atoms with van der Waals surface area (Å²) in [6, 6.07) is -1.37. The van der Waals surface area contributed by atoms with Gasteiger partial charge in [0.1, 0.15) is 12.1 Å². The highest BCUT2D eigenvalue weighted by atomic mass is 32.2. The highest BCUT2D eigenvalue weighted by Gasteiger charge is 2.37. The molecule has 1 aliphatic carbocycles. The second-order valence-corrected chi connectivity index (χ2v) is 10.5. The molecule has 1 saturated heterocycles. The number of likely N-dealkylation sites (tertiary alicyclic amines) is 1. The monoisotopic (exact) mass is 452 g/mol. The lowest BCUT2D eigenvalue weighted by Crippen LogP contribution is -2.54. The molecule has 1 heterocycles. The van der Waals surface area contributed by atoms with E-state index in [1.807, 2.05) is 27.7 Å². The second kappa shape index (κ2) is 11.0. The summed E-state index contributed by atoms with van der Waals surface area (Å²) in [6.07, 6.45) is 5.20. The zero-order valence-electron chi connectivity index (χ0n) is 19.0. The average Bonchev–Trinajstić information content (AvgIpc) is 3.39. The molecular weight excluding hydrogens is 416 g/mol. The number of nitrogens with one attached hydrogen (secondary N) is 3. The highest BCUT2D eigenvalue weighted by molar-refractivity contribution is 7.98. The molecule has 3 N–H and O–H groups in total. The van der Waals surface area contributed by atoms with Crippen LogP contribution < -0.4 is 15.4 Å². The Morgan fingerprint density at radius 3 is 2.42 bits per heavy atom. The molecule has 0 radical (unpaired) electrons. The van der Waals surface area contributed by atoms with E-state index in [-0.39, 0.29) is 47.9 Å². The van der Waals surface area contributed by atoms with Crippen molar-refractivity contribution in [2.45, 2.75) is 89.1 Å². The molecule has 0 bridgehead atoms. The zero-order chi connectivity index (χ0) is 23.2. The van der Waals surface area contributed by atoms with Gasteiger partial charge in [-0.05, 0) is 58.4 Å². The quantitative estimate of drug-likeness (QED) is 0.347. The van der Waals surface area contributed by atoms with Crippen LogP contribution in [-0.4, -0.2) is 57.9 Å². The first-order chi connectivity index (χ1) is 14.5. The predicted molar refractivity (Wildman–Crippen MR) is 122 cm³/mol. The van der Waals surface area contributed by atoms with Gasteiger partial charge in [0.25, 0.3) is 5.91 Å². The van der Waals surface area contributed by atoms with Crippen molar-refractivity contribution in [2.75, 3.05) is 6.54 Å². The fraction of sp³-hybridized carbons (Fsp3) is 0.727. The molecule has 2 fully saturated rings. The van der Waals surface area contributed by atoms with Crippen molar-refractivity contribution in [1.29, 1.82) is 0 Å².